The van der Waals surface area contributed by atoms with Crippen molar-refractivity contribution in [1.29, 1.82) is 0 Å². The second-order valence-electron chi connectivity index (χ2n) is 4.27. The Balaban J connectivity index is 3.40. The van der Waals surface area contributed by atoms with Crippen LogP contribution in [0.15, 0.2) is 17.0 Å². The monoisotopic (exact) mass is 336 g/mol. The first-order valence-electron chi connectivity index (χ1n) is 6.16. The van der Waals surface area contributed by atoms with Gasteiger partial charge in [0.25, 0.3) is 9.05 Å². The molecule has 0 N–H and O–H groups in total. The molecule has 21 heavy (non-hydrogen) atoms. The predicted molar refractivity (Wildman–Crippen MR) is 77.8 cm³/mol. The number of hydrogen-bond acceptors (Lipinski definition) is 6. The average molecular weight is 337 g/mol. The van der Waals surface area contributed by atoms with E-state index in [9.17, 15) is 13.2 Å². The van der Waals surface area contributed by atoms with Gasteiger partial charge in [-0.1, -0.05) is 6.92 Å². The molecule has 118 valence electrons. The number of halogens is 1. The van der Waals surface area contributed by atoms with E-state index in [4.69, 9.17) is 24.9 Å². The Morgan fingerprint density at radius 3 is 2.24 bits per heavy atom. The number of benzene rings is 1. The van der Waals surface area contributed by atoms with E-state index >= 15 is 0 Å². The van der Waals surface area contributed by atoms with Crippen LogP contribution in [-0.2, 0) is 13.8 Å². The molecule has 0 aliphatic rings. The lowest BCUT2D eigenvalue weighted by molar-refractivity contribution is 0.0330. The number of methoxy groups -OCH3 is 2. The maximum atomic E-state index is 12.1. The molecule has 0 saturated carbocycles. The van der Waals surface area contributed by atoms with E-state index in [-0.39, 0.29) is 28.1 Å². The molecular formula is C13H17ClO6S. The first-order chi connectivity index (χ1) is 9.74. The van der Waals surface area contributed by atoms with Crippen molar-refractivity contribution in [2.75, 3.05) is 14.2 Å². The largest absolute Gasteiger partial charge is 0.496 e. The third-order valence-corrected chi connectivity index (χ3v) is 4.19. The van der Waals surface area contributed by atoms with Gasteiger partial charge in [-0.05, 0) is 19.4 Å². The standard InChI is InChI=1S/C13H17ClO6S/c1-5-8(2)20-13(15)9-6-12(21(14,16)17)11(19-4)7-10(9)18-3/h6-8H,5H2,1-4H3. The van der Waals surface area contributed by atoms with Gasteiger partial charge in [0, 0.05) is 16.7 Å². The van der Waals surface area contributed by atoms with Crippen LogP contribution in [-0.4, -0.2) is 34.7 Å². The van der Waals surface area contributed by atoms with Crippen LogP contribution in [0.1, 0.15) is 30.6 Å². The van der Waals surface area contributed by atoms with Crippen molar-refractivity contribution in [2.45, 2.75) is 31.3 Å². The zero-order chi connectivity index (χ0) is 16.2. The van der Waals surface area contributed by atoms with Crippen LogP contribution in [0, 0.1) is 0 Å². The first-order valence-corrected chi connectivity index (χ1v) is 8.47. The Bertz CT molecular complexity index is 626. The van der Waals surface area contributed by atoms with Crippen LogP contribution in [0.3, 0.4) is 0 Å². The molecule has 0 radical (unpaired) electrons. The van der Waals surface area contributed by atoms with E-state index in [0.717, 1.165) is 6.07 Å². The molecule has 6 nitrogen and oxygen atoms in total. The summed E-state index contributed by atoms with van der Waals surface area (Å²) >= 11 is 0. The van der Waals surface area contributed by atoms with Crippen molar-refractivity contribution in [3.8, 4) is 11.5 Å². The summed E-state index contributed by atoms with van der Waals surface area (Å²) in [6, 6.07) is 2.37. The van der Waals surface area contributed by atoms with E-state index in [2.05, 4.69) is 0 Å². The number of esters is 1. The van der Waals surface area contributed by atoms with Crippen LogP contribution in [0.4, 0.5) is 0 Å². The van der Waals surface area contributed by atoms with Gasteiger partial charge in [-0.3, -0.25) is 0 Å². The van der Waals surface area contributed by atoms with Crippen molar-refractivity contribution in [3.63, 3.8) is 0 Å². The highest BCUT2D eigenvalue weighted by atomic mass is 35.7. The lowest BCUT2D eigenvalue weighted by Crippen LogP contribution is -2.15. The minimum absolute atomic E-state index is 0.0121. The van der Waals surface area contributed by atoms with E-state index < -0.39 is 15.0 Å². The maximum absolute atomic E-state index is 12.1. The highest BCUT2D eigenvalue weighted by Crippen LogP contribution is 2.34. The lowest BCUT2D eigenvalue weighted by atomic mass is 10.2. The Morgan fingerprint density at radius 2 is 1.81 bits per heavy atom. The van der Waals surface area contributed by atoms with Crippen molar-refractivity contribution >= 4 is 25.7 Å². The molecule has 1 atom stereocenters. The van der Waals surface area contributed by atoms with Gasteiger partial charge in [0.05, 0.1) is 20.3 Å². The van der Waals surface area contributed by atoms with Crippen LogP contribution in [0.25, 0.3) is 0 Å². The molecule has 0 amide bonds. The van der Waals surface area contributed by atoms with Gasteiger partial charge in [-0.25, -0.2) is 13.2 Å². The van der Waals surface area contributed by atoms with Gasteiger partial charge >= 0.3 is 5.97 Å². The van der Waals surface area contributed by atoms with Crippen molar-refractivity contribution in [3.05, 3.63) is 17.7 Å². The fourth-order valence-corrected chi connectivity index (χ4v) is 2.55. The second kappa shape index (κ2) is 7.00. The van der Waals surface area contributed by atoms with E-state index in [0.29, 0.717) is 6.42 Å². The molecule has 8 heteroatoms. The second-order valence-corrected chi connectivity index (χ2v) is 6.80. The first kappa shape index (κ1) is 17.6. The molecule has 0 heterocycles. The molecule has 0 aliphatic carbocycles. The summed E-state index contributed by atoms with van der Waals surface area (Å²) < 4.78 is 38.3. The minimum Gasteiger partial charge on any atom is -0.496 e. The maximum Gasteiger partial charge on any atom is 0.342 e. The molecule has 0 fully saturated rings. The zero-order valence-corrected chi connectivity index (χ0v) is 13.7. The third-order valence-electron chi connectivity index (χ3n) is 2.85. The van der Waals surface area contributed by atoms with Crippen molar-refractivity contribution in [2.24, 2.45) is 0 Å². The normalized spacial score (nSPS) is 12.6. The Hall–Kier alpha value is -1.47. The topological polar surface area (TPSA) is 78.9 Å². The van der Waals surface area contributed by atoms with Crippen LogP contribution in [0.5, 0.6) is 11.5 Å². The van der Waals surface area contributed by atoms with Gasteiger partial charge in [0.2, 0.25) is 0 Å². The smallest absolute Gasteiger partial charge is 0.342 e. The fourth-order valence-electron chi connectivity index (χ4n) is 1.55. The summed E-state index contributed by atoms with van der Waals surface area (Å²) in [7, 11) is 3.91. The summed E-state index contributed by atoms with van der Waals surface area (Å²) in [6.07, 6.45) is 0.325. The molecule has 0 aromatic heterocycles. The highest BCUT2D eigenvalue weighted by molar-refractivity contribution is 8.13. The summed E-state index contributed by atoms with van der Waals surface area (Å²) in [6.45, 7) is 3.59. The molecule has 1 unspecified atom stereocenters. The fraction of sp³-hybridized carbons (Fsp3) is 0.462. The van der Waals surface area contributed by atoms with E-state index in [1.165, 1.54) is 20.3 Å². The molecule has 0 bridgehead atoms. The van der Waals surface area contributed by atoms with Crippen molar-refractivity contribution < 1.29 is 27.4 Å². The van der Waals surface area contributed by atoms with Gasteiger partial charge in [-0.15, -0.1) is 0 Å². The molecule has 0 saturated heterocycles. The lowest BCUT2D eigenvalue weighted by Gasteiger charge is -2.15. The summed E-state index contributed by atoms with van der Waals surface area (Å²) in [5.74, 6) is -0.559. The van der Waals surface area contributed by atoms with Gasteiger partial charge in [0.1, 0.15) is 22.0 Å². The third kappa shape index (κ3) is 4.25. The Morgan fingerprint density at radius 1 is 1.24 bits per heavy atom. The van der Waals surface area contributed by atoms with Gasteiger partial charge < -0.3 is 14.2 Å². The van der Waals surface area contributed by atoms with E-state index in [1.807, 2.05) is 6.92 Å². The minimum atomic E-state index is -4.08. The average Bonchev–Trinajstić information content (AvgIpc) is 2.44. The van der Waals surface area contributed by atoms with Crippen molar-refractivity contribution in [1.82, 2.24) is 0 Å². The number of hydrogen-bond donors (Lipinski definition) is 0. The van der Waals surface area contributed by atoms with Gasteiger partial charge in [0.15, 0.2) is 0 Å². The van der Waals surface area contributed by atoms with Crippen LogP contribution < -0.4 is 9.47 Å². The number of carbonyl (C=O) groups excluding carboxylic acids is 1. The molecule has 0 spiro atoms. The van der Waals surface area contributed by atoms with E-state index in [1.54, 1.807) is 6.92 Å². The number of rotatable bonds is 6. The molecule has 1 rings (SSSR count). The molecule has 1 aromatic rings. The number of ether oxygens (including phenoxy) is 3. The summed E-state index contributed by atoms with van der Waals surface area (Å²) in [5.41, 5.74) is -0.0298. The predicted octanol–water partition coefficient (Wildman–Crippen LogP) is 2.59. The Labute approximate surface area is 128 Å². The molecule has 0 aliphatic heterocycles. The summed E-state index contributed by atoms with van der Waals surface area (Å²) in [5, 5.41) is 0. The SMILES string of the molecule is CCC(C)OC(=O)c1cc(S(=O)(=O)Cl)c(OC)cc1OC. The molecular weight excluding hydrogens is 320 g/mol. The summed E-state index contributed by atoms with van der Waals surface area (Å²) in [4.78, 5) is 11.8. The van der Waals surface area contributed by atoms with Crippen LogP contribution in [0.2, 0.25) is 0 Å². The molecule has 1 aromatic carbocycles. The highest BCUT2D eigenvalue weighted by Gasteiger charge is 2.25. The van der Waals surface area contributed by atoms with Crippen LogP contribution >= 0.6 is 10.7 Å². The zero-order valence-electron chi connectivity index (χ0n) is 12.2. The Kier molecular flexibility index (Phi) is 5.86. The number of carbonyl (C=O) groups is 1. The van der Waals surface area contributed by atoms with Gasteiger partial charge in [-0.2, -0.15) is 0 Å². The quantitative estimate of drug-likeness (QED) is 0.587.